The van der Waals surface area contributed by atoms with Gasteiger partial charge in [-0.25, -0.2) is 4.79 Å². The maximum absolute atomic E-state index is 12.9. The smallest absolute Gasteiger partial charge is 0.433 e. The van der Waals surface area contributed by atoms with E-state index in [-0.39, 0.29) is 32.8 Å². The molecule has 1 N–H and O–H groups in total. The minimum Gasteiger partial charge on any atom is -0.457 e. The maximum atomic E-state index is 12.9. The summed E-state index contributed by atoms with van der Waals surface area (Å²) >= 11 is 15.8. The number of oxime groups is 1. The van der Waals surface area contributed by atoms with Gasteiger partial charge in [-0.1, -0.05) is 113 Å². The number of carbonyl (C=O) groups is 2. The highest BCUT2D eigenvalue weighted by Crippen LogP contribution is 2.66. The zero-order valence-electron chi connectivity index (χ0n) is 23.9. The van der Waals surface area contributed by atoms with E-state index in [1.54, 1.807) is 42.2 Å². The van der Waals surface area contributed by atoms with Crippen LogP contribution in [-0.2, 0) is 14.4 Å². The first-order chi connectivity index (χ1) is 19.6. The Balaban J connectivity index is 0.000000435. The lowest BCUT2D eigenvalue weighted by molar-refractivity contribution is -0.149. The number of amides is 1. The van der Waals surface area contributed by atoms with E-state index in [1.807, 2.05) is 64.3 Å². The number of halogens is 4. The molecule has 0 aliphatic heterocycles. The highest BCUT2D eigenvalue weighted by molar-refractivity contribution is 9.40. The molecule has 0 aromatic heterocycles. The Morgan fingerprint density at radius 1 is 1.12 bits per heavy atom. The van der Waals surface area contributed by atoms with Gasteiger partial charge in [-0.05, 0) is 55.7 Å². The van der Waals surface area contributed by atoms with Gasteiger partial charge in [-0.3, -0.25) is 9.63 Å². The molecule has 42 heavy (non-hydrogen) atoms. The Morgan fingerprint density at radius 2 is 1.74 bits per heavy atom. The number of carbonyl (C=O) groups excluding carboxylic acids is 2. The van der Waals surface area contributed by atoms with Crippen molar-refractivity contribution >= 4 is 93.8 Å². The standard InChI is InChI=1S/C22H19Br4NO3.C7H14N2O2S/c1-21(2)17(19(23)22(24,25)26)18(21)20(28)30-16(12-27)13-7-6-10-15(11-13)29-14-8-4-3-5-9-14;1-7(2,12-4)5-9-11-6(10)8-3/h3-11,16-19H,1-2H3;5H,1-4H3,(H,8,10)/b;9-5+/t16-,17-,18+,19?;/m1./s1. The molecule has 4 atom stereocenters. The fourth-order valence-corrected chi connectivity index (χ4v) is 5.89. The monoisotopic (exact) mass is 851 g/mol. The molecule has 2 aromatic rings. The molecule has 0 radical (unpaired) electrons. The Kier molecular flexibility index (Phi) is 13.9. The second-order valence-electron chi connectivity index (χ2n) is 10.4. The highest BCUT2D eigenvalue weighted by Gasteiger charge is 2.67. The number of esters is 1. The molecule has 1 saturated carbocycles. The molecule has 0 spiro atoms. The van der Waals surface area contributed by atoms with Crippen LogP contribution in [0.15, 0.2) is 59.8 Å². The van der Waals surface area contributed by atoms with Crippen molar-refractivity contribution in [3.05, 3.63) is 60.2 Å². The van der Waals surface area contributed by atoms with Crippen LogP contribution in [-0.4, -0.2) is 43.3 Å². The largest absolute Gasteiger partial charge is 0.457 e. The normalized spacial score (nSPS) is 18.9. The second kappa shape index (κ2) is 15.9. The van der Waals surface area contributed by atoms with E-state index in [1.165, 1.54) is 7.05 Å². The van der Waals surface area contributed by atoms with Crippen LogP contribution in [0, 0.1) is 28.6 Å². The molecule has 228 valence electrons. The quantitative estimate of drug-likeness (QED) is 0.0883. The van der Waals surface area contributed by atoms with Crippen molar-refractivity contribution in [1.29, 1.82) is 5.26 Å². The molecule has 0 saturated heterocycles. The summed E-state index contributed by atoms with van der Waals surface area (Å²) in [6, 6.07) is 18.5. The average Bonchev–Trinajstić information content (AvgIpc) is 3.52. The minimum absolute atomic E-state index is 0.0233. The fraction of sp³-hybridized carbons (Fsp3) is 0.448. The van der Waals surface area contributed by atoms with Crippen LogP contribution in [0.1, 0.15) is 39.4 Å². The summed E-state index contributed by atoms with van der Waals surface area (Å²) in [6.45, 7) is 8.00. The van der Waals surface area contributed by atoms with Gasteiger partial charge in [0.05, 0.1) is 17.0 Å². The molecule has 8 nitrogen and oxygen atoms in total. The van der Waals surface area contributed by atoms with Crippen molar-refractivity contribution in [2.24, 2.45) is 22.4 Å². The van der Waals surface area contributed by atoms with Crippen LogP contribution in [0.25, 0.3) is 0 Å². The number of nitriles is 1. The third-order valence-electron chi connectivity index (χ3n) is 6.51. The predicted molar refractivity (Wildman–Crippen MR) is 182 cm³/mol. The zero-order chi connectivity index (χ0) is 31.7. The van der Waals surface area contributed by atoms with Crippen molar-refractivity contribution in [1.82, 2.24) is 5.32 Å². The van der Waals surface area contributed by atoms with E-state index >= 15 is 0 Å². The number of hydrogen-bond donors (Lipinski definition) is 1. The first-order valence-corrected chi connectivity index (χ1v) is 17.2. The number of ether oxygens (including phenoxy) is 2. The third-order valence-corrected chi connectivity index (χ3v) is 12.2. The Morgan fingerprint density at radius 3 is 2.29 bits per heavy atom. The van der Waals surface area contributed by atoms with Crippen molar-refractivity contribution in [2.45, 2.75) is 45.5 Å². The summed E-state index contributed by atoms with van der Waals surface area (Å²) in [6.07, 6.45) is 1.99. The summed E-state index contributed by atoms with van der Waals surface area (Å²) in [4.78, 5) is 27.8. The van der Waals surface area contributed by atoms with Crippen LogP contribution in [0.3, 0.4) is 0 Å². The van der Waals surface area contributed by atoms with Crippen molar-refractivity contribution in [3.8, 4) is 17.6 Å². The lowest BCUT2D eigenvalue weighted by atomic mass is 10.1. The Bertz CT molecular complexity index is 1280. The Hall–Kier alpha value is -1.59. The number of thioether (sulfide) groups is 1. The van der Waals surface area contributed by atoms with Gasteiger partial charge in [0.15, 0.2) is 0 Å². The first kappa shape index (κ1) is 36.6. The topological polar surface area (TPSA) is 110 Å². The van der Waals surface area contributed by atoms with Gasteiger partial charge in [0.1, 0.15) is 19.7 Å². The number of rotatable bonds is 9. The summed E-state index contributed by atoms with van der Waals surface area (Å²) in [7, 11) is 1.48. The number of para-hydroxylation sites is 1. The number of alkyl halides is 4. The number of hydrogen-bond acceptors (Lipinski definition) is 8. The molecule has 0 heterocycles. The van der Waals surface area contributed by atoms with Gasteiger partial charge in [0.25, 0.3) is 0 Å². The summed E-state index contributed by atoms with van der Waals surface area (Å²) in [5.41, 5.74) is 0.310. The molecule has 1 unspecified atom stereocenters. The van der Waals surface area contributed by atoms with Crippen LogP contribution in [0.2, 0.25) is 0 Å². The fourth-order valence-electron chi connectivity index (χ4n) is 3.90. The average molecular weight is 855 g/mol. The van der Waals surface area contributed by atoms with Crippen molar-refractivity contribution in [2.75, 3.05) is 13.3 Å². The summed E-state index contributed by atoms with van der Waals surface area (Å²) < 4.78 is 10.8. The number of nitrogens with zero attached hydrogens (tertiary/aromatic N) is 2. The van der Waals surface area contributed by atoms with Gasteiger partial charge < -0.3 is 14.8 Å². The molecular weight excluding hydrogens is 822 g/mol. The summed E-state index contributed by atoms with van der Waals surface area (Å²) in [5, 5.41) is 15.5. The van der Waals surface area contributed by atoms with Crippen LogP contribution >= 0.6 is 75.5 Å². The van der Waals surface area contributed by atoms with Crippen LogP contribution in [0.4, 0.5) is 4.79 Å². The SMILES string of the molecule is CC1(C)[C@H](C(=O)O[C@H](C#N)c2cccc(Oc3ccccc3)c2)[C@@H]1C(Br)C(Br)(Br)Br.CNC(=O)O/N=C/C(C)(C)SC. The highest BCUT2D eigenvalue weighted by atomic mass is 80.0. The first-order valence-electron chi connectivity index (χ1n) is 12.7. The number of nitrogens with one attached hydrogen (secondary N) is 1. The second-order valence-corrected chi connectivity index (χ2v) is 19.8. The molecule has 1 amide bonds. The van der Waals surface area contributed by atoms with Crippen molar-refractivity contribution in [3.63, 3.8) is 0 Å². The van der Waals surface area contributed by atoms with E-state index < -0.39 is 14.3 Å². The van der Waals surface area contributed by atoms with Crippen LogP contribution in [0.5, 0.6) is 11.5 Å². The molecular formula is C29H33Br4N3O5S. The molecule has 1 fully saturated rings. The molecule has 0 bridgehead atoms. The molecule has 2 aromatic carbocycles. The lowest BCUT2D eigenvalue weighted by Gasteiger charge is -2.21. The van der Waals surface area contributed by atoms with Crippen molar-refractivity contribution < 1.29 is 23.9 Å². The van der Waals surface area contributed by atoms with Crippen LogP contribution < -0.4 is 10.1 Å². The van der Waals surface area contributed by atoms with Gasteiger partial charge >= 0.3 is 12.1 Å². The van der Waals surface area contributed by atoms with E-state index in [0.717, 1.165) is 0 Å². The van der Waals surface area contributed by atoms with Gasteiger partial charge in [0.2, 0.25) is 6.10 Å². The number of benzene rings is 2. The molecule has 1 aliphatic rings. The van der Waals surface area contributed by atoms with E-state index in [0.29, 0.717) is 17.1 Å². The molecule has 13 heteroatoms. The Labute approximate surface area is 285 Å². The van der Waals surface area contributed by atoms with E-state index in [2.05, 4.69) is 85.1 Å². The van der Waals surface area contributed by atoms with Gasteiger partial charge in [0, 0.05) is 17.4 Å². The minimum atomic E-state index is -1.01. The van der Waals surface area contributed by atoms with Gasteiger partial charge in [-0.2, -0.15) is 17.0 Å². The maximum Gasteiger partial charge on any atom is 0.433 e. The lowest BCUT2D eigenvalue weighted by Crippen LogP contribution is -2.23. The molecule has 3 rings (SSSR count). The molecule has 1 aliphatic carbocycles. The van der Waals surface area contributed by atoms with E-state index in [9.17, 15) is 14.9 Å². The van der Waals surface area contributed by atoms with Gasteiger partial charge in [-0.15, -0.1) is 0 Å². The van der Waals surface area contributed by atoms with E-state index in [4.69, 9.17) is 9.47 Å². The third kappa shape index (κ3) is 10.8. The summed E-state index contributed by atoms with van der Waals surface area (Å²) in [5.74, 6) is 0.576. The zero-order valence-corrected chi connectivity index (χ0v) is 31.1. The predicted octanol–water partition coefficient (Wildman–Crippen LogP) is 8.93.